The topological polar surface area (TPSA) is 75.4 Å². The maximum Gasteiger partial charge on any atom is 0.329 e. The number of hydrogen-bond acceptors (Lipinski definition) is 3. The Morgan fingerprint density at radius 3 is 2.35 bits per heavy atom. The quantitative estimate of drug-likeness (QED) is 0.841. The fourth-order valence-electron chi connectivity index (χ4n) is 1.37. The Labute approximate surface area is 99.8 Å². The summed E-state index contributed by atoms with van der Waals surface area (Å²) in [5, 5.41) is 13.1. The summed E-state index contributed by atoms with van der Waals surface area (Å²) in [5.74, 6) is -1.45. The highest BCUT2D eigenvalue weighted by Crippen LogP contribution is 2.17. The Bertz CT molecular complexity index is 463. The molecular formula is C11H17N3O3. The van der Waals surface area contributed by atoms with Gasteiger partial charge in [0, 0.05) is 25.9 Å². The van der Waals surface area contributed by atoms with Crippen molar-refractivity contribution < 1.29 is 14.7 Å². The van der Waals surface area contributed by atoms with Gasteiger partial charge >= 0.3 is 5.97 Å². The first-order chi connectivity index (χ1) is 7.67. The molecule has 0 aliphatic heterocycles. The molecule has 0 saturated carbocycles. The van der Waals surface area contributed by atoms with Crippen molar-refractivity contribution in [3.05, 3.63) is 17.5 Å². The van der Waals surface area contributed by atoms with E-state index < -0.39 is 17.4 Å². The number of likely N-dealkylation sites (N-methyl/N-ethyl adjacent to an activating group) is 1. The largest absolute Gasteiger partial charge is 0.480 e. The molecule has 17 heavy (non-hydrogen) atoms. The molecule has 0 unspecified atom stereocenters. The number of amides is 1. The molecule has 0 saturated heterocycles. The van der Waals surface area contributed by atoms with Crippen LogP contribution in [0, 0.1) is 6.92 Å². The first kappa shape index (κ1) is 13.2. The molecule has 6 nitrogen and oxygen atoms in total. The Hall–Kier alpha value is -1.85. The molecule has 0 spiro atoms. The molecule has 1 aromatic heterocycles. The van der Waals surface area contributed by atoms with Gasteiger partial charge in [0.05, 0.1) is 0 Å². The van der Waals surface area contributed by atoms with E-state index in [4.69, 9.17) is 5.11 Å². The van der Waals surface area contributed by atoms with Crippen molar-refractivity contribution >= 4 is 11.9 Å². The predicted octanol–water partition coefficient (Wildman–Crippen LogP) is 0.664. The van der Waals surface area contributed by atoms with Gasteiger partial charge in [0.15, 0.2) is 5.69 Å². The fourth-order valence-corrected chi connectivity index (χ4v) is 1.37. The zero-order valence-corrected chi connectivity index (χ0v) is 10.7. The standard InChI is InChI=1S/C11H17N3O3/c1-7-6-13(4)12-8(7)9(15)14(5)11(2,3)10(16)17/h6H,1-5H3,(H,16,17). The second-order valence-corrected chi connectivity index (χ2v) is 4.56. The van der Waals surface area contributed by atoms with E-state index in [9.17, 15) is 9.59 Å². The Morgan fingerprint density at radius 2 is 2.00 bits per heavy atom. The van der Waals surface area contributed by atoms with Crippen molar-refractivity contribution in [1.29, 1.82) is 0 Å². The van der Waals surface area contributed by atoms with Crippen molar-refractivity contribution in [3.8, 4) is 0 Å². The molecule has 0 aliphatic rings. The van der Waals surface area contributed by atoms with E-state index in [1.165, 1.54) is 30.5 Å². The molecule has 0 atom stereocenters. The summed E-state index contributed by atoms with van der Waals surface area (Å²) in [5.41, 5.74) is -0.254. The minimum Gasteiger partial charge on any atom is -0.480 e. The van der Waals surface area contributed by atoms with Gasteiger partial charge in [0.25, 0.3) is 5.91 Å². The van der Waals surface area contributed by atoms with Crippen molar-refractivity contribution in [2.45, 2.75) is 26.3 Å². The minimum absolute atomic E-state index is 0.282. The molecule has 0 aromatic carbocycles. The van der Waals surface area contributed by atoms with Crippen LogP contribution in [-0.2, 0) is 11.8 Å². The zero-order chi connectivity index (χ0) is 13.4. The number of hydrogen-bond donors (Lipinski definition) is 1. The number of aromatic nitrogens is 2. The fraction of sp³-hybridized carbons (Fsp3) is 0.545. The molecule has 1 aromatic rings. The molecule has 94 valence electrons. The van der Waals surface area contributed by atoms with Crippen LogP contribution >= 0.6 is 0 Å². The number of carboxylic acid groups (broad SMARTS) is 1. The van der Waals surface area contributed by atoms with Crippen molar-refractivity contribution in [2.75, 3.05) is 7.05 Å². The monoisotopic (exact) mass is 239 g/mol. The number of carboxylic acids is 1. The zero-order valence-electron chi connectivity index (χ0n) is 10.7. The van der Waals surface area contributed by atoms with E-state index in [2.05, 4.69) is 5.10 Å². The van der Waals surface area contributed by atoms with Gasteiger partial charge in [0.2, 0.25) is 0 Å². The van der Waals surface area contributed by atoms with E-state index in [1.54, 1.807) is 20.2 Å². The number of aryl methyl sites for hydroxylation is 2. The summed E-state index contributed by atoms with van der Waals surface area (Å²) in [6, 6.07) is 0. The van der Waals surface area contributed by atoms with E-state index in [0.29, 0.717) is 0 Å². The van der Waals surface area contributed by atoms with Crippen LogP contribution in [0.4, 0.5) is 0 Å². The second kappa shape index (κ2) is 4.20. The molecule has 0 radical (unpaired) electrons. The van der Waals surface area contributed by atoms with Gasteiger partial charge in [-0.25, -0.2) is 4.79 Å². The number of carbonyl (C=O) groups is 2. The SMILES string of the molecule is Cc1cn(C)nc1C(=O)N(C)C(C)(C)C(=O)O. The predicted molar refractivity (Wildman–Crippen MR) is 61.8 cm³/mol. The highest BCUT2D eigenvalue weighted by molar-refractivity contribution is 5.96. The van der Waals surface area contributed by atoms with Gasteiger partial charge in [-0.3, -0.25) is 9.48 Å². The number of nitrogens with zero attached hydrogens (tertiary/aromatic N) is 3. The van der Waals surface area contributed by atoms with Gasteiger partial charge in [-0.05, 0) is 20.8 Å². The summed E-state index contributed by atoms with van der Waals surface area (Å²) in [6.45, 7) is 4.72. The average molecular weight is 239 g/mol. The molecule has 1 amide bonds. The van der Waals surface area contributed by atoms with E-state index in [0.717, 1.165) is 5.56 Å². The summed E-state index contributed by atoms with van der Waals surface area (Å²) in [6.07, 6.45) is 1.72. The molecular weight excluding hydrogens is 222 g/mol. The summed E-state index contributed by atoms with van der Waals surface area (Å²) >= 11 is 0. The van der Waals surface area contributed by atoms with Crippen LogP contribution in [0.1, 0.15) is 29.9 Å². The Balaban J connectivity index is 3.06. The third-order valence-electron chi connectivity index (χ3n) is 2.88. The Morgan fingerprint density at radius 1 is 1.47 bits per heavy atom. The van der Waals surface area contributed by atoms with Gasteiger partial charge < -0.3 is 10.0 Å². The molecule has 1 rings (SSSR count). The second-order valence-electron chi connectivity index (χ2n) is 4.56. The molecule has 0 aliphatic carbocycles. The van der Waals surface area contributed by atoms with Gasteiger partial charge in [-0.2, -0.15) is 5.10 Å². The first-order valence-electron chi connectivity index (χ1n) is 5.19. The van der Waals surface area contributed by atoms with Crippen LogP contribution < -0.4 is 0 Å². The molecule has 1 heterocycles. The van der Waals surface area contributed by atoms with E-state index in [1.807, 2.05) is 0 Å². The van der Waals surface area contributed by atoms with Crippen LogP contribution in [0.2, 0.25) is 0 Å². The van der Waals surface area contributed by atoms with Crippen LogP contribution in [0.5, 0.6) is 0 Å². The van der Waals surface area contributed by atoms with Gasteiger partial charge in [0.1, 0.15) is 5.54 Å². The third kappa shape index (κ3) is 2.30. The van der Waals surface area contributed by atoms with Crippen molar-refractivity contribution in [1.82, 2.24) is 14.7 Å². The lowest BCUT2D eigenvalue weighted by Gasteiger charge is -2.31. The molecule has 1 N–H and O–H groups in total. The molecule has 0 bridgehead atoms. The summed E-state index contributed by atoms with van der Waals surface area (Å²) < 4.78 is 1.53. The van der Waals surface area contributed by atoms with E-state index >= 15 is 0 Å². The van der Waals surface area contributed by atoms with Gasteiger partial charge in [-0.15, -0.1) is 0 Å². The van der Waals surface area contributed by atoms with Crippen LogP contribution in [0.3, 0.4) is 0 Å². The van der Waals surface area contributed by atoms with Crippen LogP contribution in [0.15, 0.2) is 6.20 Å². The highest BCUT2D eigenvalue weighted by atomic mass is 16.4. The van der Waals surface area contributed by atoms with Crippen molar-refractivity contribution in [2.24, 2.45) is 7.05 Å². The van der Waals surface area contributed by atoms with Gasteiger partial charge in [-0.1, -0.05) is 0 Å². The first-order valence-corrected chi connectivity index (χ1v) is 5.19. The third-order valence-corrected chi connectivity index (χ3v) is 2.88. The minimum atomic E-state index is -1.26. The lowest BCUT2D eigenvalue weighted by Crippen LogP contribution is -2.51. The number of rotatable bonds is 3. The van der Waals surface area contributed by atoms with Crippen LogP contribution in [0.25, 0.3) is 0 Å². The average Bonchev–Trinajstić information content (AvgIpc) is 2.55. The number of carbonyl (C=O) groups excluding carboxylic acids is 1. The van der Waals surface area contributed by atoms with Crippen molar-refractivity contribution in [3.63, 3.8) is 0 Å². The Kier molecular flexibility index (Phi) is 3.26. The highest BCUT2D eigenvalue weighted by Gasteiger charge is 2.36. The molecule has 0 fully saturated rings. The summed E-state index contributed by atoms with van der Waals surface area (Å²) in [7, 11) is 3.18. The lowest BCUT2D eigenvalue weighted by atomic mass is 10.0. The summed E-state index contributed by atoms with van der Waals surface area (Å²) in [4.78, 5) is 24.4. The maximum atomic E-state index is 12.1. The smallest absolute Gasteiger partial charge is 0.329 e. The molecule has 6 heteroatoms. The van der Waals surface area contributed by atoms with Crippen LogP contribution in [-0.4, -0.2) is 44.3 Å². The number of aliphatic carboxylic acids is 1. The lowest BCUT2D eigenvalue weighted by molar-refractivity contribution is -0.147. The maximum absolute atomic E-state index is 12.1. The normalized spacial score (nSPS) is 11.4. The van der Waals surface area contributed by atoms with E-state index in [-0.39, 0.29) is 5.69 Å².